The van der Waals surface area contributed by atoms with Crippen LogP contribution in [0, 0.1) is 11.8 Å². The second-order valence-corrected chi connectivity index (χ2v) is 6.72. The number of piperidine rings is 1. The molecule has 0 radical (unpaired) electrons. The van der Waals surface area contributed by atoms with Crippen LogP contribution in [0.2, 0.25) is 0 Å². The molecule has 0 aliphatic carbocycles. The Hall–Kier alpha value is -1.24. The molecule has 0 atom stereocenters. The first kappa shape index (κ1) is 16.1. The van der Waals surface area contributed by atoms with E-state index < -0.39 is 5.97 Å². The number of rotatable bonds is 6. The summed E-state index contributed by atoms with van der Waals surface area (Å²) in [6.45, 7) is 9.38. The zero-order chi connectivity index (χ0) is 15.4. The molecule has 6 nitrogen and oxygen atoms in total. The van der Waals surface area contributed by atoms with Gasteiger partial charge in [0.05, 0.1) is 5.75 Å². The number of carbonyl (C=O) groups is 1. The van der Waals surface area contributed by atoms with Crippen molar-refractivity contribution in [3.8, 4) is 0 Å². The molecular weight excluding hydrogens is 288 g/mol. The molecule has 0 spiro atoms. The van der Waals surface area contributed by atoms with Crippen LogP contribution in [0.15, 0.2) is 5.16 Å². The maximum Gasteiger partial charge on any atom is 0.313 e. The van der Waals surface area contributed by atoms with E-state index in [-0.39, 0.29) is 5.75 Å². The summed E-state index contributed by atoms with van der Waals surface area (Å²) in [4.78, 5) is 13.0. The predicted molar refractivity (Wildman–Crippen MR) is 83.8 cm³/mol. The molecule has 2 heterocycles. The molecule has 1 saturated heterocycles. The van der Waals surface area contributed by atoms with E-state index in [1.165, 1.54) is 24.6 Å². The van der Waals surface area contributed by atoms with E-state index in [1.54, 1.807) is 0 Å². The lowest BCUT2D eigenvalue weighted by molar-refractivity contribution is -0.133. The third-order valence-corrected chi connectivity index (χ3v) is 5.06. The molecule has 1 aromatic heterocycles. The van der Waals surface area contributed by atoms with Crippen LogP contribution < -0.4 is 4.90 Å². The Bertz CT molecular complexity index is 481. The van der Waals surface area contributed by atoms with E-state index in [0.717, 1.165) is 37.4 Å². The van der Waals surface area contributed by atoms with E-state index in [0.29, 0.717) is 5.16 Å². The Labute approximate surface area is 129 Å². The molecular formula is C14H24N4O2S. The first-order valence-corrected chi connectivity index (χ1v) is 8.54. The number of aliphatic carboxylic acids is 1. The minimum atomic E-state index is -0.829. The fraction of sp³-hybridized carbons (Fsp3) is 0.786. The first-order chi connectivity index (χ1) is 10.0. The summed E-state index contributed by atoms with van der Waals surface area (Å²) in [7, 11) is 0. The molecule has 1 fully saturated rings. The number of carboxylic acid groups (broad SMARTS) is 1. The van der Waals surface area contributed by atoms with Gasteiger partial charge in [0.25, 0.3) is 0 Å². The lowest BCUT2D eigenvalue weighted by Crippen LogP contribution is -2.36. The molecule has 0 aromatic carbocycles. The molecule has 1 aliphatic heterocycles. The molecule has 0 amide bonds. The van der Waals surface area contributed by atoms with Crippen molar-refractivity contribution in [3.63, 3.8) is 0 Å². The van der Waals surface area contributed by atoms with Gasteiger partial charge in [0.1, 0.15) is 0 Å². The van der Waals surface area contributed by atoms with Crippen molar-refractivity contribution >= 4 is 23.7 Å². The fourth-order valence-corrected chi connectivity index (χ4v) is 3.51. The van der Waals surface area contributed by atoms with Crippen molar-refractivity contribution in [2.24, 2.45) is 11.8 Å². The number of anilines is 1. The highest BCUT2D eigenvalue weighted by Gasteiger charge is 2.25. The zero-order valence-electron chi connectivity index (χ0n) is 12.9. The summed E-state index contributed by atoms with van der Waals surface area (Å²) in [6, 6.07) is 0. The molecule has 21 heavy (non-hydrogen) atoms. The van der Waals surface area contributed by atoms with Crippen LogP contribution in [0.25, 0.3) is 0 Å². The maximum atomic E-state index is 10.7. The normalized spacial score (nSPS) is 16.7. The van der Waals surface area contributed by atoms with Crippen molar-refractivity contribution in [1.29, 1.82) is 0 Å². The maximum absolute atomic E-state index is 10.7. The summed E-state index contributed by atoms with van der Waals surface area (Å²) >= 11 is 1.23. The van der Waals surface area contributed by atoms with Gasteiger partial charge >= 0.3 is 5.97 Å². The Morgan fingerprint density at radius 2 is 2.05 bits per heavy atom. The van der Waals surface area contributed by atoms with Gasteiger partial charge in [-0.25, -0.2) is 0 Å². The van der Waals surface area contributed by atoms with Gasteiger partial charge in [-0.05, 0) is 31.6 Å². The highest BCUT2D eigenvalue weighted by Crippen LogP contribution is 2.28. The van der Waals surface area contributed by atoms with E-state index in [2.05, 4.69) is 28.9 Å². The van der Waals surface area contributed by atoms with Gasteiger partial charge in [0.15, 0.2) is 5.16 Å². The quantitative estimate of drug-likeness (QED) is 0.813. The summed E-state index contributed by atoms with van der Waals surface area (Å²) in [5.74, 6) is 1.60. The van der Waals surface area contributed by atoms with Crippen LogP contribution in [-0.4, -0.2) is 44.7 Å². The smallest absolute Gasteiger partial charge is 0.313 e. The molecule has 0 bridgehead atoms. The van der Waals surface area contributed by atoms with E-state index in [4.69, 9.17) is 5.11 Å². The Morgan fingerprint density at radius 1 is 1.38 bits per heavy atom. The third-order valence-electron chi connectivity index (χ3n) is 4.10. The second-order valence-electron chi connectivity index (χ2n) is 5.78. The van der Waals surface area contributed by atoms with Gasteiger partial charge in [-0.15, -0.1) is 10.2 Å². The lowest BCUT2D eigenvalue weighted by Gasteiger charge is -2.34. The summed E-state index contributed by atoms with van der Waals surface area (Å²) < 4.78 is 2.02. The molecule has 1 N–H and O–H groups in total. The summed E-state index contributed by atoms with van der Waals surface area (Å²) in [5.41, 5.74) is 0. The SMILES string of the molecule is CCn1c(SCC(=O)O)nnc1N1CCC(C(C)C)CC1. The largest absolute Gasteiger partial charge is 0.481 e. The van der Waals surface area contributed by atoms with E-state index in [1.807, 2.05) is 11.5 Å². The highest BCUT2D eigenvalue weighted by atomic mass is 32.2. The second kappa shape index (κ2) is 7.15. The molecule has 2 rings (SSSR count). The van der Waals surface area contributed by atoms with Crippen molar-refractivity contribution in [2.45, 2.75) is 45.3 Å². The average molecular weight is 312 g/mol. The molecule has 1 aliphatic rings. The molecule has 118 valence electrons. The van der Waals surface area contributed by atoms with Crippen LogP contribution in [0.1, 0.15) is 33.6 Å². The third kappa shape index (κ3) is 3.90. The van der Waals surface area contributed by atoms with Gasteiger partial charge in [-0.3, -0.25) is 9.36 Å². The fourth-order valence-electron chi connectivity index (χ4n) is 2.79. The molecule has 7 heteroatoms. The van der Waals surface area contributed by atoms with E-state index >= 15 is 0 Å². The monoisotopic (exact) mass is 312 g/mol. The minimum Gasteiger partial charge on any atom is -0.481 e. The zero-order valence-corrected chi connectivity index (χ0v) is 13.8. The lowest BCUT2D eigenvalue weighted by atomic mass is 9.87. The van der Waals surface area contributed by atoms with Crippen LogP contribution >= 0.6 is 11.8 Å². The number of hydrogen-bond donors (Lipinski definition) is 1. The molecule has 0 saturated carbocycles. The standard InChI is InChI=1S/C14H24N4O2S/c1-4-18-13(15-16-14(18)21-9-12(19)20)17-7-5-11(6-8-17)10(2)3/h10-11H,4-9H2,1-3H3,(H,19,20). The highest BCUT2D eigenvalue weighted by molar-refractivity contribution is 7.99. The van der Waals surface area contributed by atoms with Crippen LogP contribution in [0.4, 0.5) is 5.95 Å². The number of hydrogen-bond acceptors (Lipinski definition) is 5. The van der Waals surface area contributed by atoms with Crippen molar-refractivity contribution in [2.75, 3.05) is 23.7 Å². The summed E-state index contributed by atoms with van der Waals surface area (Å²) in [5, 5.41) is 17.9. The summed E-state index contributed by atoms with van der Waals surface area (Å²) in [6.07, 6.45) is 2.37. The van der Waals surface area contributed by atoms with E-state index in [9.17, 15) is 4.79 Å². The van der Waals surface area contributed by atoms with Gasteiger partial charge in [0.2, 0.25) is 5.95 Å². The molecule has 1 aromatic rings. The van der Waals surface area contributed by atoms with Crippen LogP contribution in [-0.2, 0) is 11.3 Å². The number of aromatic nitrogens is 3. The van der Waals surface area contributed by atoms with Gasteiger partial charge in [-0.1, -0.05) is 25.6 Å². The Balaban J connectivity index is 2.05. The van der Waals surface area contributed by atoms with Gasteiger partial charge in [0, 0.05) is 19.6 Å². The molecule has 0 unspecified atom stereocenters. The number of thioether (sulfide) groups is 1. The van der Waals surface area contributed by atoms with Crippen LogP contribution in [0.5, 0.6) is 0 Å². The number of carboxylic acids is 1. The first-order valence-electron chi connectivity index (χ1n) is 7.55. The number of nitrogens with zero attached hydrogens (tertiary/aromatic N) is 4. The van der Waals surface area contributed by atoms with Crippen molar-refractivity contribution < 1.29 is 9.90 Å². The minimum absolute atomic E-state index is 0.0214. The Kier molecular flexibility index (Phi) is 5.50. The van der Waals surface area contributed by atoms with Crippen LogP contribution in [0.3, 0.4) is 0 Å². The Morgan fingerprint density at radius 3 is 2.57 bits per heavy atom. The van der Waals surface area contributed by atoms with Crippen molar-refractivity contribution in [3.05, 3.63) is 0 Å². The van der Waals surface area contributed by atoms with Crippen molar-refractivity contribution in [1.82, 2.24) is 14.8 Å². The van der Waals surface area contributed by atoms with Gasteiger partial charge < -0.3 is 10.0 Å². The van der Waals surface area contributed by atoms with Gasteiger partial charge in [-0.2, -0.15) is 0 Å². The average Bonchev–Trinajstić information content (AvgIpc) is 2.88. The predicted octanol–water partition coefficient (Wildman–Crippen LogP) is 2.35. The topological polar surface area (TPSA) is 71.2 Å².